The lowest BCUT2D eigenvalue weighted by atomic mass is 10.0. The van der Waals surface area contributed by atoms with Crippen LogP contribution in [0.3, 0.4) is 0 Å². The van der Waals surface area contributed by atoms with Crippen LogP contribution in [0, 0.1) is 6.92 Å². The Bertz CT molecular complexity index is 435. The highest BCUT2D eigenvalue weighted by molar-refractivity contribution is 6.02. The van der Waals surface area contributed by atoms with Crippen LogP contribution in [0.2, 0.25) is 0 Å². The van der Waals surface area contributed by atoms with Crippen LogP contribution < -0.4 is 5.32 Å². The average Bonchev–Trinajstić information content (AvgIpc) is 2.62. The van der Waals surface area contributed by atoms with Crippen LogP contribution in [-0.2, 0) is 6.42 Å². The first-order chi connectivity index (χ1) is 8.02. The van der Waals surface area contributed by atoms with Crippen LogP contribution >= 0.6 is 0 Å². The van der Waals surface area contributed by atoms with Crippen LogP contribution in [0.15, 0.2) is 0 Å². The van der Waals surface area contributed by atoms with Crippen molar-refractivity contribution in [2.45, 2.75) is 27.2 Å². The van der Waals surface area contributed by atoms with Gasteiger partial charge in [-0.3, -0.25) is 9.59 Å². The van der Waals surface area contributed by atoms with E-state index in [9.17, 15) is 9.59 Å². The number of aryl methyl sites for hydroxylation is 1. The summed E-state index contributed by atoms with van der Waals surface area (Å²) in [7, 11) is 0. The molecule has 1 aromatic heterocycles. The predicted octanol–water partition coefficient (Wildman–Crippen LogP) is 0.810. The second-order valence-corrected chi connectivity index (χ2v) is 3.87. The summed E-state index contributed by atoms with van der Waals surface area (Å²) in [5, 5.41) is 11.2. The molecular weight excluding hydrogens is 220 g/mol. The standard InChI is InChI=1S/C12H18N2O3/c1-4-9-10(8(3)16)7(2)14-11(9)12(17)13-5-6-15/h14-15H,4-6H2,1-3H3,(H,13,17). The fourth-order valence-electron chi connectivity index (χ4n) is 1.96. The number of aliphatic hydroxyl groups excluding tert-OH is 1. The smallest absolute Gasteiger partial charge is 0.268 e. The number of Topliss-reactive ketones (excluding diaryl/α,β-unsaturated/α-hetero) is 1. The van der Waals surface area contributed by atoms with Crippen molar-refractivity contribution in [2.24, 2.45) is 0 Å². The quantitative estimate of drug-likeness (QED) is 0.664. The molecule has 1 aromatic rings. The second-order valence-electron chi connectivity index (χ2n) is 3.87. The van der Waals surface area contributed by atoms with Crippen molar-refractivity contribution in [2.75, 3.05) is 13.2 Å². The number of ketones is 1. The molecule has 0 spiro atoms. The third kappa shape index (κ3) is 2.74. The fraction of sp³-hybridized carbons (Fsp3) is 0.500. The van der Waals surface area contributed by atoms with Crippen molar-refractivity contribution in [3.05, 3.63) is 22.5 Å². The lowest BCUT2D eigenvalue weighted by molar-refractivity contribution is 0.0939. The maximum atomic E-state index is 11.8. The molecule has 0 fully saturated rings. The summed E-state index contributed by atoms with van der Waals surface area (Å²) in [6, 6.07) is 0. The Morgan fingerprint density at radius 3 is 2.53 bits per heavy atom. The maximum Gasteiger partial charge on any atom is 0.268 e. The molecular formula is C12H18N2O3. The van der Waals surface area contributed by atoms with E-state index in [1.165, 1.54) is 6.92 Å². The molecule has 0 aliphatic rings. The van der Waals surface area contributed by atoms with E-state index in [0.717, 1.165) is 5.56 Å². The van der Waals surface area contributed by atoms with Gasteiger partial charge in [-0.25, -0.2) is 0 Å². The van der Waals surface area contributed by atoms with Gasteiger partial charge in [-0.2, -0.15) is 0 Å². The topological polar surface area (TPSA) is 82.2 Å². The zero-order valence-corrected chi connectivity index (χ0v) is 10.4. The molecule has 0 unspecified atom stereocenters. The number of amides is 1. The van der Waals surface area contributed by atoms with Crippen LogP contribution in [0.4, 0.5) is 0 Å². The van der Waals surface area contributed by atoms with Gasteiger partial charge in [0.1, 0.15) is 5.69 Å². The zero-order chi connectivity index (χ0) is 13.0. The summed E-state index contributed by atoms with van der Waals surface area (Å²) in [5.74, 6) is -0.330. The molecule has 0 atom stereocenters. The van der Waals surface area contributed by atoms with Crippen LogP contribution in [0.25, 0.3) is 0 Å². The summed E-state index contributed by atoms with van der Waals surface area (Å²) >= 11 is 0. The van der Waals surface area contributed by atoms with Gasteiger partial charge in [0.25, 0.3) is 5.91 Å². The minimum atomic E-state index is -0.286. The first kappa shape index (κ1) is 13.4. The molecule has 1 rings (SSSR count). The van der Waals surface area contributed by atoms with E-state index >= 15 is 0 Å². The molecule has 5 nitrogen and oxygen atoms in total. The summed E-state index contributed by atoms with van der Waals surface area (Å²) in [6.07, 6.45) is 0.612. The predicted molar refractivity (Wildman–Crippen MR) is 64.3 cm³/mol. The zero-order valence-electron chi connectivity index (χ0n) is 10.4. The normalized spacial score (nSPS) is 10.4. The van der Waals surface area contributed by atoms with Gasteiger partial charge < -0.3 is 15.4 Å². The van der Waals surface area contributed by atoms with Gasteiger partial charge in [-0.05, 0) is 25.8 Å². The van der Waals surface area contributed by atoms with Crippen LogP contribution in [0.1, 0.15) is 46.0 Å². The molecule has 5 heteroatoms. The lowest BCUT2D eigenvalue weighted by Crippen LogP contribution is -2.27. The van der Waals surface area contributed by atoms with E-state index in [2.05, 4.69) is 10.3 Å². The molecule has 94 valence electrons. The van der Waals surface area contributed by atoms with E-state index in [-0.39, 0.29) is 24.8 Å². The Balaban J connectivity index is 3.12. The lowest BCUT2D eigenvalue weighted by Gasteiger charge is -2.04. The monoisotopic (exact) mass is 238 g/mol. The number of H-pyrrole nitrogens is 1. The summed E-state index contributed by atoms with van der Waals surface area (Å²) < 4.78 is 0. The summed E-state index contributed by atoms with van der Waals surface area (Å²) in [5.41, 5.74) is 2.47. The summed E-state index contributed by atoms with van der Waals surface area (Å²) in [4.78, 5) is 26.3. The van der Waals surface area contributed by atoms with Crippen molar-refractivity contribution < 1.29 is 14.7 Å². The highest BCUT2D eigenvalue weighted by atomic mass is 16.3. The highest BCUT2D eigenvalue weighted by Crippen LogP contribution is 2.20. The van der Waals surface area contributed by atoms with Crippen LogP contribution in [-0.4, -0.2) is 34.9 Å². The molecule has 1 heterocycles. The largest absolute Gasteiger partial charge is 0.395 e. The third-order valence-electron chi connectivity index (χ3n) is 2.62. The van der Waals surface area contributed by atoms with Crippen molar-refractivity contribution in [3.63, 3.8) is 0 Å². The third-order valence-corrected chi connectivity index (χ3v) is 2.62. The van der Waals surface area contributed by atoms with E-state index in [4.69, 9.17) is 5.11 Å². The Kier molecular flexibility index (Phi) is 4.45. The highest BCUT2D eigenvalue weighted by Gasteiger charge is 2.20. The molecule has 0 saturated heterocycles. The number of hydrogen-bond acceptors (Lipinski definition) is 3. The van der Waals surface area contributed by atoms with Crippen molar-refractivity contribution in [1.82, 2.24) is 10.3 Å². The Labute approximate surface area is 100 Å². The van der Waals surface area contributed by atoms with E-state index in [1.54, 1.807) is 6.92 Å². The number of aromatic amines is 1. The SMILES string of the molecule is CCc1c(C(=O)NCCO)[nH]c(C)c1C(C)=O. The number of nitrogens with one attached hydrogen (secondary N) is 2. The Morgan fingerprint density at radius 1 is 1.41 bits per heavy atom. The number of aliphatic hydroxyl groups is 1. The van der Waals surface area contributed by atoms with Gasteiger partial charge in [0.05, 0.1) is 6.61 Å². The molecule has 0 aliphatic heterocycles. The van der Waals surface area contributed by atoms with Gasteiger partial charge in [0, 0.05) is 17.8 Å². The van der Waals surface area contributed by atoms with Crippen molar-refractivity contribution in [3.8, 4) is 0 Å². The molecule has 17 heavy (non-hydrogen) atoms. The van der Waals surface area contributed by atoms with E-state index in [1.807, 2.05) is 6.92 Å². The minimum Gasteiger partial charge on any atom is -0.395 e. The van der Waals surface area contributed by atoms with Gasteiger partial charge in [0.15, 0.2) is 5.78 Å². The van der Waals surface area contributed by atoms with Gasteiger partial charge in [-0.15, -0.1) is 0 Å². The Hall–Kier alpha value is -1.62. The maximum absolute atomic E-state index is 11.8. The number of hydrogen-bond donors (Lipinski definition) is 3. The molecule has 3 N–H and O–H groups in total. The molecule has 0 saturated carbocycles. The number of carbonyl (C=O) groups excluding carboxylic acids is 2. The first-order valence-electron chi connectivity index (χ1n) is 5.64. The van der Waals surface area contributed by atoms with Crippen LogP contribution in [0.5, 0.6) is 0 Å². The van der Waals surface area contributed by atoms with Gasteiger partial charge in [-0.1, -0.05) is 6.92 Å². The van der Waals surface area contributed by atoms with E-state index in [0.29, 0.717) is 23.4 Å². The number of carbonyl (C=O) groups is 2. The Morgan fingerprint density at radius 2 is 2.06 bits per heavy atom. The second kappa shape index (κ2) is 5.63. The summed E-state index contributed by atoms with van der Waals surface area (Å²) in [6.45, 7) is 5.27. The molecule has 1 amide bonds. The van der Waals surface area contributed by atoms with Crippen molar-refractivity contribution in [1.29, 1.82) is 0 Å². The number of aromatic nitrogens is 1. The molecule has 0 aliphatic carbocycles. The first-order valence-corrected chi connectivity index (χ1v) is 5.64. The van der Waals surface area contributed by atoms with Gasteiger partial charge in [0.2, 0.25) is 0 Å². The molecule has 0 radical (unpaired) electrons. The van der Waals surface area contributed by atoms with Crippen molar-refractivity contribution >= 4 is 11.7 Å². The van der Waals surface area contributed by atoms with Gasteiger partial charge >= 0.3 is 0 Å². The number of rotatable bonds is 5. The molecule has 0 aromatic carbocycles. The molecule has 0 bridgehead atoms. The fourth-order valence-corrected chi connectivity index (χ4v) is 1.96. The average molecular weight is 238 g/mol. The van der Waals surface area contributed by atoms with E-state index < -0.39 is 0 Å². The minimum absolute atomic E-state index is 0.0446.